The molecule has 1 aliphatic heterocycles. The molecule has 1 aliphatic rings. The molecule has 24 heavy (non-hydrogen) atoms. The first-order valence-corrected chi connectivity index (χ1v) is 9.14. The Morgan fingerprint density at radius 2 is 2.38 bits per heavy atom. The molecule has 1 saturated heterocycles. The average molecular weight is 342 g/mol. The molecule has 2 aromatic heterocycles. The summed E-state index contributed by atoms with van der Waals surface area (Å²) < 4.78 is 5.92. The van der Waals surface area contributed by atoms with Crippen molar-refractivity contribution < 1.29 is 9.53 Å². The van der Waals surface area contributed by atoms with Crippen LogP contribution in [0.3, 0.4) is 0 Å². The minimum atomic E-state index is 0.0506. The molecule has 0 aliphatic carbocycles. The monoisotopic (exact) mass is 342 g/mol. The number of hydrogen-bond acceptors (Lipinski definition) is 4. The van der Waals surface area contributed by atoms with Crippen molar-refractivity contribution in [3.63, 3.8) is 0 Å². The molecule has 0 radical (unpaired) electrons. The number of hydrogen-bond donors (Lipinski definition) is 0. The number of amides is 1. The Hall–Kier alpha value is -1.98. The van der Waals surface area contributed by atoms with Crippen LogP contribution in [0.2, 0.25) is 0 Å². The molecule has 3 heterocycles. The lowest BCUT2D eigenvalue weighted by Crippen LogP contribution is -2.42. The van der Waals surface area contributed by atoms with Gasteiger partial charge < -0.3 is 9.64 Å². The third kappa shape index (κ3) is 4.10. The van der Waals surface area contributed by atoms with E-state index in [-0.39, 0.29) is 18.1 Å². The Kier molecular flexibility index (Phi) is 5.77. The summed E-state index contributed by atoms with van der Waals surface area (Å²) in [6.45, 7) is 4.98. The second-order valence-electron chi connectivity index (χ2n) is 5.98. The van der Waals surface area contributed by atoms with Crippen LogP contribution in [0.1, 0.15) is 17.5 Å². The van der Waals surface area contributed by atoms with Gasteiger partial charge in [0.1, 0.15) is 0 Å². The average Bonchev–Trinajstić information content (AvgIpc) is 3.24. The van der Waals surface area contributed by atoms with Gasteiger partial charge in [0, 0.05) is 18.9 Å². The van der Waals surface area contributed by atoms with Crippen LogP contribution >= 0.6 is 11.3 Å². The molecule has 0 saturated carbocycles. The fourth-order valence-electron chi connectivity index (χ4n) is 3.19. The first-order valence-electron chi connectivity index (χ1n) is 8.20. The minimum absolute atomic E-state index is 0.0506. The zero-order chi connectivity index (χ0) is 16.8. The van der Waals surface area contributed by atoms with Gasteiger partial charge in [0.15, 0.2) is 0 Å². The van der Waals surface area contributed by atoms with Gasteiger partial charge in [-0.25, -0.2) is 0 Å². The Morgan fingerprint density at radius 3 is 3.08 bits per heavy atom. The second-order valence-corrected chi connectivity index (χ2v) is 6.76. The molecule has 0 spiro atoms. The number of nitrogens with zero attached hydrogens (tertiary/aromatic N) is 2. The van der Waals surface area contributed by atoms with E-state index in [1.54, 1.807) is 23.6 Å². The van der Waals surface area contributed by atoms with E-state index in [1.165, 1.54) is 0 Å². The van der Waals surface area contributed by atoms with Gasteiger partial charge >= 0.3 is 0 Å². The smallest absolute Gasteiger partial charge is 0.227 e. The third-order valence-corrected chi connectivity index (χ3v) is 5.07. The molecule has 2 aromatic rings. The molecule has 126 valence electrons. The van der Waals surface area contributed by atoms with Gasteiger partial charge in [0.25, 0.3) is 0 Å². The second kappa shape index (κ2) is 8.22. The van der Waals surface area contributed by atoms with Crippen molar-refractivity contribution in [3.8, 4) is 0 Å². The fourth-order valence-corrected chi connectivity index (χ4v) is 3.86. The van der Waals surface area contributed by atoms with Crippen molar-refractivity contribution in [1.29, 1.82) is 0 Å². The number of aromatic nitrogens is 1. The molecule has 4 nitrogen and oxygen atoms in total. The third-order valence-electron chi connectivity index (χ3n) is 4.34. The van der Waals surface area contributed by atoms with Crippen molar-refractivity contribution >= 4 is 17.2 Å². The summed E-state index contributed by atoms with van der Waals surface area (Å²) in [4.78, 5) is 18.9. The van der Waals surface area contributed by atoms with Crippen molar-refractivity contribution in [2.24, 2.45) is 0 Å². The summed E-state index contributed by atoms with van der Waals surface area (Å²) in [5.41, 5.74) is 2.21. The molecule has 5 heteroatoms. The van der Waals surface area contributed by atoms with E-state index in [0.717, 1.165) is 30.5 Å². The quantitative estimate of drug-likeness (QED) is 0.726. The minimum Gasteiger partial charge on any atom is -0.372 e. The first-order chi connectivity index (χ1) is 11.8. The van der Waals surface area contributed by atoms with Gasteiger partial charge in [0.2, 0.25) is 5.91 Å². The van der Waals surface area contributed by atoms with Crippen LogP contribution < -0.4 is 0 Å². The van der Waals surface area contributed by atoms with Crippen molar-refractivity contribution in [2.45, 2.75) is 31.4 Å². The zero-order valence-corrected chi connectivity index (χ0v) is 14.5. The van der Waals surface area contributed by atoms with Crippen molar-refractivity contribution in [1.82, 2.24) is 9.88 Å². The van der Waals surface area contributed by atoms with E-state index in [0.29, 0.717) is 13.0 Å². The molecule has 0 bridgehead atoms. The number of carbonyl (C=O) groups excluding carboxylic acids is 1. The number of pyridine rings is 1. The Morgan fingerprint density at radius 1 is 1.46 bits per heavy atom. The van der Waals surface area contributed by atoms with Crippen LogP contribution in [0.4, 0.5) is 0 Å². The lowest BCUT2D eigenvalue weighted by molar-refractivity contribution is -0.132. The standard InChI is InChI=1S/C19H22N2O2S/c1-2-9-23-18-5-8-21(19(22)12-16-6-10-24-14-16)17(18)11-15-4-3-7-20-13-15/h2-4,6-7,10,13-14,17-18H,1,5,8-9,11-12H2/t17-,18-/m1/s1. The zero-order valence-electron chi connectivity index (χ0n) is 13.6. The summed E-state index contributed by atoms with van der Waals surface area (Å²) in [5, 5.41) is 4.05. The predicted octanol–water partition coefficient (Wildman–Crippen LogP) is 3.10. The number of rotatable bonds is 7. The maximum Gasteiger partial charge on any atom is 0.227 e. The largest absolute Gasteiger partial charge is 0.372 e. The lowest BCUT2D eigenvalue weighted by Gasteiger charge is -2.28. The van der Waals surface area contributed by atoms with E-state index < -0.39 is 0 Å². The van der Waals surface area contributed by atoms with Crippen LogP contribution in [0.5, 0.6) is 0 Å². The highest BCUT2D eigenvalue weighted by atomic mass is 32.1. The van der Waals surface area contributed by atoms with E-state index in [9.17, 15) is 4.79 Å². The van der Waals surface area contributed by atoms with Gasteiger partial charge in [-0.05, 0) is 46.9 Å². The molecule has 1 amide bonds. The number of carbonyl (C=O) groups is 1. The van der Waals surface area contributed by atoms with Crippen LogP contribution in [-0.4, -0.2) is 41.1 Å². The number of ether oxygens (including phenoxy) is 1. The highest BCUT2D eigenvalue weighted by Crippen LogP contribution is 2.25. The first kappa shape index (κ1) is 16.9. The molecule has 2 atom stereocenters. The highest BCUT2D eigenvalue weighted by molar-refractivity contribution is 7.08. The summed E-state index contributed by atoms with van der Waals surface area (Å²) in [6.07, 6.45) is 7.54. The van der Waals surface area contributed by atoms with E-state index in [2.05, 4.69) is 17.6 Å². The summed E-state index contributed by atoms with van der Waals surface area (Å²) in [7, 11) is 0. The highest BCUT2D eigenvalue weighted by Gasteiger charge is 2.37. The van der Waals surface area contributed by atoms with Gasteiger partial charge in [0.05, 0.1) is 25.2 Å². The lowest BCUT2D eigenvalue weighted by atomic mass is 10.0. The van der Waals surface area contributed by atoms with Crippen LogP contribution in [0.25, 0.3) is 0 Å². The molecule has 3 rings (SSSR count). The van der Waals surface area contributed by atoms with Crippen LogP contribution in [-0.2, 0) is 22.4 Å². The van der Waals surface area contributed by atoms with Gasteiger partial charge in [-0.3, -0.25) is 9.78 Å². The maximum absolute atomic E-state index is 12.8. The Labute approximate surface area is 146 Å². The molecule has 0 N–H and O–H groups in total. The van der Waals surface area contributed by atoms with Crippen LogP contribution in [0, 0.1) is 0 Å². The predicted molar refractivity (Wildman–Crippen MR) is 96.0 cm³/mol. The SMILES string of the molecule is C=CCO[C@@H]1CCN(C(=O)Cc2ccsc2)[C@@H]1Cc1cccnc1. The number of thiophene rings is 1. The van der Waals surface area contributed by atoms with E-state index in [1.807, 2.05) is 34.0 Å². The Bertz CT molecular complexity index is 657. The fraction of sp³-hybridized carbons (Fsp3) is 0.368. The number of likely N-dealkylation sites (tertiary alicyclic amines) is 1. The van der Waals surface area contributed by atoms with Gasteiger partial charge in [-0.2, -0.15) is 11.3 Å². The molecular weight excluding hydrogens is 320 g/mol. The molecule has 1 fully saturated rings. The summed E-state index contributed by atoms with van der Waals surface area (Å²) >= 11 is 1.62. The topological polar surface area (TPSA) is 42.4 Å². The summed E-state index contributed by atoms with van der Waals surface area (Å²) in [5.74, 6) is 0.173. The normalized spacial score (nSPS) is 20.2. The summed E-state index contributed by atoms with van der Waals surface area (Å²) in [6, 6.07) is 6.06. The van der Waals surface area contributed by atoms with E-state index >= 15 is 0 Å². The van der Waals surface area contributed by atoms with Gasteiger partial charge in [-0.1, -0.05) is 12.1 Å². The molecular formula is C19H22N2O2S. The molecule has 0 aromatic carbocycles. The van der Waals surface area contributed by atoms with E-state index in [4.69, 9.17) is 4.74 Å². The molecule has 0 unspecified atom stereocenters. The maximum atomic E-state index is 12.8. The van der Waals surface area contributed by atoms with Crippen molar-refractivity contribution in [2.75, 3.05) is 13.2 Å². The van der Waals surface area contributed by atoms with Crippen LogP contribution in [0.15, 0.2) is 54.0 Å². The van der Waals surface area contributed by atoms with Crippen molar-refractivity contribution in [3.05, 3.63) is 65.1 Å². The van der Waals surface area contributed by atoms with Gasteiger partial charge in [-0.15, -0.1) is 6.58 Å². The Balaban J connectivity index is 1.73.